The summed E-state index contributed by atoms with van der Waals surface area (Å²) in [5.41, 5.74) is 4.25. The Kier molecular flexibility index (Phi) is 4.49. The first-order valence-corrected chi connectivity index (χ1v) is 4.40. The molecule has 0 saturated heterocycles. The summed E-state index contributed by atoms with van der Waals surface area (Å²) in [6.45, 7) is 3.03. The second-order valence-electron chi connectivity index (χ2n) is 3.91. The van der Waals surface area contributed by atoms with Crippen molar-refractivity contribution in [2.45, 2.75) is 44.7 Å². The van der Waals surface area contributed by atoms with Gasteiger partial charge in [0, 0.05) is 25.2 Å². The van der Waals surface area contributed by atoms with Crippen LogP contribution in [0.15, 0.2) is 0 Å². The Morgan fingerprint density at radius 2 is 2.14 bits per heavy atom. The van der Waals surface area contributed by atoms with E-state index in [9.17, 15) is 14.9 Å². The van der Waals surface area contributed by atoms with Gasteiger partial charge >= 0.3 is 5.97 Å². The maximum atomic E-state index is 10.5. The van der Waals surface area contributed by atoms with E-state index in [4.69, 9.17) is 10.8 Å². The number of carboxylic acids is 1. The molecule has 0 aromatic rings. The zero-order valence-corrected chi connectivity index (χ0v) is 8.40. The molecule has 0 aliphatic carbocycles. The fraction of sp³-hybridized carbons (Fsp3) is 0.875. The normalized spacial score (nSPS) is 13.6. The van der Waals surface area contributed by atoms with Crippen LogP contribution in [0.3, 0.4) is 0 Å². The standard InChI is InChI=1S/C8H16N2O4/c1-8(2,10(13)14)5-3-4-6(9)7(11)12/h6H,3-5,9H2,1-2H3,(H,11,12)/t6-/m1/s1. The van der Waals surface area contributed by atoms with E-state index in [1.807, 2.05) is 0 Å². The number of nitrogens with two attached hydrogens (primary N) is 1. The summed E-state index contributed by atoms with van der Waals surface area (Å²) >= 11 is 0. The van der Waals surface area contributed by atoms with Gasteiger partial charge in [-0.25, -0.2) is 0 Å². The number of nitro groups is 1. The van der Waals surface area contributed by atoms with Gasteiger partial charge in [-0.1, -0.05) is 0 Å². The Morgan fingerprint density at radius 3 is 2.50 bits per heavy atom. The van der Waals surface area contributed by atoms with E-state index in [1.165, 1.54) is 13.8 Å². The molecule has 82 valence electrons. The number of rotatable bonds is 6. The number of aliphatic carboxylic acids is 1. The van der Waals surface area contributed by atoms with Crippen LogP contribution >= 0.6 is 0 Å². The molecule has 0 amide bonds. The molecule has 1 atom stereocenters. The molecule has 0 aliphatic rings. The highest BCUT2D eigenvalue weighted by atomic mass is 16.6. The molecule has 0 heterocycles. The summed E-state index contributed by atoms with van der Waals surface area (Å²) in [4.78, 5) is 20.5. The van der Waals surface area contributed by atoms with Crippen molar-refractivity contribution in [3.63, 3.8) is 0 Å². The molecule has 14 heavy (non-hydrogen) atoms. The third kappa shape index (κ3) is 4.18. The van der Waals surface area contributed by atoms with Gasteiger partial charge < -0.3 is 10.8 Å². The number of hydrogen-bond donors (Lipinski definition) is 2. The van der Waals surface area contributed by atoms with Gasteiger partial charge in [-0.2, -0.15) is 0 Å². The Balaban J connectivity index is 3.85. The summed E-state index contributed by atoms with van der Waals surface area (Å²) < 4.78 is 0. The van der Waals surface area contributed by atoms with Crippen LogP contribution in [0, 0.1) is 10.1 Å². The van der Waals surface area contributed by atoms with Gasteiger partial charge in [-0.15, -0.1) is 0 Å². The van der Waals surface area contributed by atoms with E-state index in [2.05, 4.69) is 0 Å². The molecule has 0 fully saturated rings. The van der Waals surface area contributed by atoms with Gasteiger partial charge in [-0.3, -0.25) is 14.9 Å². The van der Waals surface area contributed by atoms with Crippen LogP contribution in [-0.2, 0) is 4.79 Å². The molecule has 0 bridgehead atoms. The molecular weight excluding hydrogens is 188 g/mol. The average molecular weight is 204 g/mol. The third-order valence-electron chi connectivity index (χ3n) is 2.12. The summed E-state index contributed by atoms with van der Waals surface area (Å²) in [5, 5.41) is 19.0. The number of nitrogens with zero attached hydrogens (tertiary/aromatic N) is 1. The largest absolute Gasteiger partial charge is 0.480 e. The molecule has 6 heteroatoms. The molecule has 0 saturated carbocycles. The SMILES string of the molecule is CC(C)(CCC[C@@H](N)C(=O)O)[N+](=O)[O-]. The van der Waals surface area contributed by atoms with Gasteiger partial charge in [0.15, 0.2) is 0 Å². The second-order valence-corrected chi connectivity index (χ2v) is 3.91. The van der Waals surface area contributed by atoms with E-state index in [0.717, 1.165) is 0 Å². The molecule has 0 aliphatic heterocycles. The van der Waals surface area contributed by atoms with Crippen molar-refractivity contribution in [3.05, 3.63) is 10.1 Å². The maximum absolute atomic E-state index is 10.5. The lowest BCUT2D eigenvalue weighted by atomic mass is 9.97. The highest BCUT2D eigenvalue weighted by Crippen LogP contribution is 2.17. The van der Waals surface area contributed by atoms with Crippen LogP contribution in [0.5, 0.6) is 0 Å². The maximum Gasteiger partial charge on any atom is 0.320 e. The minimum Gasteiger partial charge on any atom is -0.480 e. The van der Waals surface area contributed by atoms with Gasteiger partial charge in [0.25, 0.3) is 0 Å². The van der Waals surface area contributed by atoms with Gasteiger partial charge in [0.2, 0.25) is 5.54 Å². The number of hydrogen-bond acceptors (Lipinski definition) is 4. The van der Waals surface area contributed by atoms with E-state index in [-0.39, 0.29) is 11.3 Å². The highest BCUT2D eigenvalue weighted by Gasteiger charge is 2.30. The molecule has 3 N–H and O–H groups in total. The minimum atomic E-state index is -1.07. The first kappa shape index (κ1) is 12.8. The minimum absolute atomic E-state index is 0.270. The molecule has 6 nitrogen and oxygen atoms in total. The van der Waals surface area contributed by atoms with Crippen molar-refractivity contribution in [2.24, 2.45) is 5.73 Å². The van der Waals surface area contributed by atoms with Crippen LogP contribution in [0.2, 0.25) is 0 Å². The summed E-state index contributed by atoms with van der Waals surface area (Å²) in [5.74, 6) is -1.07. The second kappa shape index (κ2) is 4.90. The lowest BCUT2D eigenvalue weighted by Gasteiger charge is -2.15. The Bertz CT molecular complexity index is 227. The zero-order valence-electron chi connectivity index (χ0n) is 8.40. The fourth-order valence-corrected chi connectivity index (χ4v) is 0.969. The molecule has 0 aromatic heterocycles. The van der Waals surface area contributed by atoms with Gasteiger partial charge in [0.1, 0.15) is 6.04 Å². The molecule has 0 radical (unpaired) electrons. The van der Waals surface area contributed by atoms with E-state index in [0.29, 0.717) is 12.8 Å². The van der Waals surface area contributed by atoms with Crippen molar-refractivity contribution >= 4 is 5.97 Å². The Labute approximate surface area is 82.2 Å². The number of carbonyl (C=O) groups is 1. The molecule has 0 rings (SSSR count). The van der Waals surface area contributed by atoms with Crippen molar-refractivity contribution in [3.8, 4) is 0 Å². The Hall–Kier alpha value is -1.17. The number of carboxylic acid groups (broad SMARTS) is 1. The molecule has 0 aromatic carbocycles. The highest BCUT2D eigenvalue weighted by molar-refractivity contribution is 5.72. The van der Waals surface area contributed by atoms with Crippen molar-refractivity contribution in [1.82, 2.24) is 0 Å². The first-order valence-electron chi connectivity index (χ1n) is 4.40. The lowest BCUT2D eigenvalue weighted by Crippen LogP contribution is -2.33. The van der Waals surface area contributed by atoms with Crippen LogP contribution in [0.1, 0.15) is 33.1 Å². The van der Waals surface area contributed by atoms with Crippen LogP contribution in [0.4, 0.5) is 0 Å². The quantitative estimate of drug-likeness (QED) is 0.487. The molecular formula is C8H16N2O4. The predicted octanol–water partition coefficient (Wildman–Crippen LogP) is 0.624. The van der Waals surface area contributed by atoms with E-state index in [1.54, 1.807) is 0 Å². The predicted molar refractivity (Wildman–Crippen MR) is 50.5 cm³/mol. The van der Waals surface area contributed by atoms with Crippen molar-refractivity contribution < 1.29 is 14.8 Å². The lowest BCUT2D eigenvalue weighted by molar-refractivity contribution is -0.561. The summed E-state index contributed by atoms with van der Waals surface area (Å²) in [7, 11) is 0. The van der Waals surface area contributed by atoms with Gasteiger partial charge in [-0.05, 0) is 12.8 Å². The monoisotopic (exact) mass is 204 g/mol. The summed E-state index contributed by atoms with van der Waals surface area (Å²) in [6.07, 6.45) is 1.05. The summed E-state index contributed by atoms with van der Waals surface area (Å²) in [6, 6.07) is -0.919. The fourth-order valence-electron chi connectivity index (χ4n) is 0.969. The topological polar surface area (TPSA) is 106 Å². The smallest absolute Gasteiger partial charge is 0.320 e. The molecule has 0 unspecified atom stereocenters. The van der Waals surface area contributed by atoms with Crippen LogP contribution in [0.25, 0.3) is 0 Å². The third-order valence-corrected chi connectivity index (χ3v) is 2.12. The van der Waals surface area contributed by atoms with E-state index < -0.39 is 17.6 Å². The van der Waals surface area contributed by atoms with Gasteiger partial charge in [0.05, 0.1) is 0 Å². The zero-order chi connectivity index (χ0) is 11.4. The van der Waals surface area contributed by atoms with Crippen molar-refractivity contribution in [2.75, 3.05) is 0 Å². The molecule has 0 spiro atoms. The Morgan fingerprint density at radius 1 is 1.64 bits per heavy atom. The van der Waals surface area contributed by atoms with Crippen molar-refractivity contribution in [1.29, 1.82) is 0 Å². The van der Waals surface area contributed by atoms with Crippen LogP contribution in [-0.4, -0.2) is 27.6 Å². The average Bonchev–Trinajstić information content (AvgIpc) is 2.03. The first-order chi connectivity index (χ1) is 6.27. The van der Waals surface area contributed by atoms with Crippen LogP contribution < -0.4 is 5.73 Å². The van der Waals surface area contributed by atoms with E-state index >= 15 is 0 Å².